The predicted octanol–water partition coefficient (Wildman–Crippen LogP) is 4.54. The Balaban J connectivity index is 2.69. The third-order valence-corrected chi connectivity index (χ3v) is 4.44. The second kappa shape index (κ2) is 11.1. The molecule has 164 valence electrons. The lowest BCUT2D eigenvalue weighted by Crippen LogP contribution is -2.26. The minimum Gasteiger partial charge on any atom is -0.496 e. The summed E-state index contributed by atoms with van der Waals surface area (Å²) in [5.41, 5.74) is 2.80. The highest BCUT2D eigenvalue weighted by Gasteiger charge is 2.25. The molecule has 0 heterocycles. The van der Waals surface area contributed by atoms with Crippen LogP contribution in [0.1, 0.15) is 40.9 Å². The van der Waals surface area contributed by atoms with Crippen LogP contribution in [0, 0.1) is 0 Å². The molecule has 2 aromatic rings. The van der Waals surface area contributed by atoms with Gasteiger partial charge in [0.2, 0.25) is 0 Å². The van der Waals surface area contributed by atoms with Gasteiger partial charge in [0.05, 0.1) is 13.7 Å². The molecule has 0 aliphatic carbocycles. The summed E-state index contributed by atoms with van der Waals surface area (Å²) in [6.07, 6.45) is 5.81. The molecule has 0 atom stereocenters. The summed E-state index contributed by atoms with van der Waals surface area (Å²) in [6, 6.07) is 11.2. The zero-order chi connectivity index (χ0) is 23.0. The Morgan fingerprint density at radius 3 is 2.32 bits per heavy atom. The normalized spacial score (nSPS) is 10.9. The number of carbonyl (C=O) groups is 2. The Morgan fingerprint density at radius 1 is 1.10 bits per heavy atom. The van der Waals surface area contributed by atoms with Crippen LogP contribution >= 0.6 is 0 Å². The van der Waals surface area contributed by atoms with Crippen LogP contribution in [0.2, 0.25) is 0 Å². The van der Waals surface area contributed by atoms with Crippen LogP contribution in [-0.2, 0) is 11.2 Å². The van der Waals surface area contributed by atoms with Gasteiger partial charge in [0, 0.05) is 5.56 Å². The molecule has 0 aliphatic heterocycles. The third-order valence-electron chi connectivity index (χ3n) is 4.44. The van der Waals surface area contributed by atoms with E-state index in [4.69, 9.17) is 9.47 Å². The van der Waals surface area contributed by atoms with Crippen LogP contribution in [0.4, 0.5) is 0 Å². The van der Waals surface area contributed by atoms with Crippen molar-refractivity contribution in [2.24, 2.45) is 0 Å². The maximum Gasteiger partial charge on any atom is 0.340 e. The molecule has 1 N–H and O–H groups in total. The number of allylic oxidation sites excluding steroid dienone is 2. The molecular formula is C25H29NO5. The van der Waals surface area contributed by atoms with Crippen molar-refractivity contribution in [3.05, 3.63) is 70.3 Å². The molecule has 0 radical (unpaired) electrons. The number of methoxy groups -OCH3 is 1. The Hall–Kier alpha value is -3.38. The van der Waals surface area contributed by atoms with Gasteiger partial charge in [-0.25, -0.2) is 4.79 Å². The minimum atomic E-state index is -1.18. The van der Waals surface area contributed by atoms with Crippen molar-refractivity contribution < 1.29 is 24.2 Å². The van der Waals surface area contributed by atoms with Gasteiger partial charge in [-0.05, 0) is 51.6 Å². The molecule has 0 bridgehead atoms. The molecule has 2 rings (SSSR count). The van der Waals surface area contributed by atoms with E-state index in [0.29, 0.717) is 23.3 Å². The summed E-state index contributed by atoms with van der Waals surface area (Å²) < 4.78 is 11.2. The molecule has 0 amide bonds. The number of hydrogen-bond acceptors (Lipinski definition) is 5. The summed E-state index contributed by atoms with van der Waals surface area (Å²) >= 11 is 0. The van der Waals surface area contributed by atoms with Gasteiger partial charge in [0.25, 0.3) is 0 Å². The highest BCUT2D eigenvalue weighted by atomic mass is 16.5. The van der Waals surface area contributed by atoms with Crippen LogP contribution in [0.3, 0.4) is 0 Å². The lowest BCUT2D eigenvalue weighted by atomic mass is 9.97. The lowest BCUT2D eigenvalue weighted by Gasteiger charge is -2.19. The number of likely N-dealkylation sites (N-methyl/N-ethyl adjacent to an activating group) is 1. The molecule has 0 saturated carbocycles. The van der Waals surface area contributed by atoms with E-state index >= 15 is 0 Å². The maximum atomic E-state index is 12.4. The standard InChI is InChI=1S/C25H29NO5/c1-17(2)11-14-20-21(30-5)15-19(13-12-18-9-7-6-8-10-18)23(25(28)29)24(20)31-22(27)16-26(3)4/h6-13,15H,14,16H2,1-5H3,(H,28,29). The van der Waals surface area contributed by atoms with E-state index in [1.54, 1.807) is 31.1 Å². The van der Waals surface area contributed by atoms with Gasteiger partial charge < -0.3 is 14.6 Å². The first kappa shape index (κ1) is 23.9. The Bertz CT molecular complexity index is 987. The van der Waals surface area contributed by atoms with Crippen molar-refractivity contribution >= 4 is 24.1 Å². The fraction of sp³-hybridized carbons (Fsp3) is 0.280. The van der Waals surface area contributed by atoms with Crippen molar-refractivity contribution in [1.29, 1.82) is 0 Å². The van der Waals surface area contributed by atoms with Gasteiger partial charge in [-0.3, -0.25) is 9.69 Å². The highest BCUT2D eigenvalue weighted by Crippen LogP contribution is 2.37. The van der Waals surface area contributed by atoms with E-state index in [1.807, 2.05) is 56.3 Å². The van der Waals surface area contributed by atoms with Crippen molar-refractivity contribution in [2.45, 2.75) is 20.3 Å². The molecule has 0 aromatic heterocycles. The van der Waals surface area contributed by atoms with E-state index in [0.717, 1.165) is 11.1 Å². The number of hydrogen-bond donors (Lipinski definition) is 1. The van der Waals surface area contributed by atoms with Gasteiger partial charge in [-0.2, -0.15) is 0 Å². The highest BCUT2D eigenvalue weighted by molar-refractivity contribution is 5.98. The van der Waals surface area contributed by atoms with E-state index in [2.05, 4.69) is 0 Å². The van der Waals surface area contributed by atoms with Gasteiger partial charge in [0.15, 0.2) is 5.75 Å². The predicted molar refractivity (Wildman–Crippen MR) is 123 cm³/mol. The first-order valence-corrected chi connectivity index (χ1v) is 9.92. The molecule has 0 fully saturated rings. The zero-order valence-corrected chi connectivity index (χ0v) is 18.6. The molecular weight excluding hydrogens is 394 g/mol. The van der Waals surface area contributed by atoms with Gasteiger partial charge in [-0.1, -0.05) is 54.1 Å². The van der Waals surface area contributed by atoms with E-state index in [9.17, 15) is 14.7 Å². The molecule has 6 nitrogen and oxygen atoms in total. The second-order valence-corrected chi connectivity index (χ2v) is 7.60. The smallest absolute Gasteiger partial charge is 0.340 e. The summed E-state index contributed by atoms with van der Waals surface area (Å²) in [7, 11) is 4.99. The molecule has 2 aromatic carbocycles. The first-order valence-electron chi connectivity index (χ1n) is 9.92. The fourth-order valence-corrected chi connectivity index (χ4v) is 3.00. The summed E-state index contributed by atoms with van der Waals surface area (Å²) in [5, 5.41) is 10.0. The lowest BCUT2D eigenvalue weighted by molar-refractivity contribution is -0.135. The number of rotatable bonds is 9. The molecule has 31 heavy (non-hydrogen) atoms. The van der Waals surface area contributed by atoms with Crippen LogP contribution < -0.4 is 9.47 Å². The fourth-order valence-electron chi connectivity index (χ4n) is 3.00. The largest absolute Gasteiger partial charge is 0.496 e. The van der Waals surface area contributed by atoms with E-state index in [-0.39, 0.29) is 17.9 Å². The number of carboxylic acids is 1. The Kier molecular flexibility index (Phi) is 8.58. The van der Waals surface area contributed by atoms with E-state index in [1.165, 1.54) is 7.11 Å². The van der Waals surface area contributed by atoms with Crippen LogP contribution in [0.15, 0.2) is 48.0 Å². The quantitative estimate of drug-likeness (QED) is 0.276. The molecule has 0 saturated heterocycles. The maximum absolute atomic E-state index is 12.4. The number of ether oxygens (including phenoxy) is 2. The van der Waals surface area contributed by atoms with Gasteiger partial charge in [0.1, 0.15) is 11.3 Å². The molecule has 0 unspecified atom stereocenters. The SMILES string of the molecule is COc1cc(C=Cc2ccccc2)c(C(=O)O)c(OC(=O)CN(C)C)c1CC=C(C)C. The van der Waals surface area contributed by atoms with Crippen molar-refractivity contribution in [2.75, 3.05) is 27.7 Å². The van der Waals surface area contributed by atoms with Gasteiger partial charge >= 0.3 is 11.9 Å². The molecule has 0 spiro atoms. The van der Waals surface area contributed by atoms with E-state index < -0.39 is 11.9 Å². The summed E-state index contributed by atoms with van der Waals surface area (Å²) in [4.78, 5) is 26.4. The monoisotopic (exact) mass is 423 g/mol. The van der Waals surface area contributed by atoms with Gasteiger partial charge in [-0.15, -0.1) is 0 Å². The van der Waals surface area contributed by atoms with Crippen LogP contribution in [0.25, 0.3) is 12.2 Å². The van der Waals surface area contributed by atoms with Crippen molar-refractivity contribution in [3.8, 4) is 11.5 Å². The van der Waals surface area contributed by atoms with Crippen molar-refractivity contribution in [1.82, 2.24) is 4.90 Å². The topological polar surface area (TPSA) is 76.1 Å². The number of aromatic carboxylic acids is 1. The number of benzene rings is 2. The Labute approximate surface area is 183 Å². The third kappa shape index (κ3) is 6.83. The van der Waals surface area contributed by atoms with Crippen LogP contribution in [0.5, 0.6) is 11.5 Å². The first-order chi connectivity index (χ1) is 14.7. The second-order valence-electron chi connectivity index (χ2n) is 7.60. The Morgan fingerprint density at radius 2 is 1.77 bits per heavy atom. The number of esters is 1. The summed E-state index contributed by atoms with van der Waals surface area (Å²) in [6.45, 7) is 3.91. The average Bonchev–Trinajstić information content (AvgIpc) is 2.70. The van der Waals surface area contributed by atoms with Crippen molar-refractivity contribution in [3.63, 3.8) is 0 Å². The minimum absolute atomic E-state index is 0.0175. The van der Waals surface area contributed by atoms with Crippen LogP contribution in [-0.4, -0.2) is 49.7 Å². The summed E-state index contributed by atoms with van der Waals surface area (Å²) in [5.74, 6) is -1.24. The number of nitrogens with zero attached hydrogens (tertiary/aromatic N) is 1. The molecule has 6 heteroatoms. The zero-order valence-electron chi connectivity index (χ0n) is 18.6. The number of carbonyl (C=O) groups excluding carboxylic acids is 1. The average molecular weight is 424 g/mol. The number of carboxylic acid groups (broad SMARTS) is 1. The molecule has 0 aliphatic rings.